The van der Waals surface area contributed by atoms with Crippen LogP contribution in [0.5, 0.6) is 0 Å². The van der Waals surface area contributed by atoms with Crippen molar-refractivity contribution >= 4 is 27.5 Å². The summed E-state index contributed by atoms with van der Waals surface area (Å²) in [4.78, 5) is 10.9. The minimum atomic E-state index is -0.819. The molecule has 1 atom stereocenters. The lowest BCUT2D eigenvalue weighted by atomic mass is 9.97. The summed E-state index contributed by atoms with van der Waals surface area (Å²) in [6, 6.07) is 5.62. The lowest BCUT2D eigenvalue weighted by Gasteiger charge is -2.10. The van der Waals surface area contributed by atoms with Crippen molar-refractivity contribution in [3.63, 3.8) is 0 Å². The Morgan fingerprint density at radius 1 is 1.47 bits per heavy atom. The van der Waals surface area contributed by atoms with Gasteiger partial charge in [-0.1, -0.05) is 34.1 Å². The van der Waals surface area contributed by atoms with E-state index in [9.17, 15) is 4.79 Å². The summed E-state index contributed by atoms with van der Waals surface area (Å²) < 4.78 is 0.881. The van der Waals surface area contributed by atoms with Crippen molar-refractivity contribution in [2.24, 2.45) is 0 Å². The maximum Gasteiger partial charge on any atom is 0.310 e. The molecule has 1 aromatic carbocycles. The highest BCUT2D eigenvalue weighted by Gasteiger charge is 2.14. The molecule has 1 rings (SSSR count). The quantitative estimate of drug-likeness (QED) is 0.908. The van der Waals surface area contributed by atoms with Gasteiger partial charge >= 0.3 is 5.97 Å². The number of aliphatic carboxylic acids is 1. The zero-order chi connectivity index (χ0) is 11.6. The summed E-state index contributed by atoms with van der Waals surface area (Å²) in [5.41, 5.74) is 2.68. The van der Waals surface area contributed by atoms with E-state index < -0.39 is 11.9 Å². The summed E-state index contributed by atoms with van der Waals surface area (Å²) in [6.45, 7) is 7.42. The fraction of sp³-hybridized carbons (Fsp3) is 0.250. The summed E-state index contributed by atoms with van der Waals surface area (Å²) in [5, 5.41) is 8.92. The van der Waals surface area contributed by atoms with Gasteiger partial charge in [0.15, 0.2) is 0 Å². The van der Waals surface area contributed by atoms with Gasteiger partial charge in [-0.15, -0.1) is 0 Å². The van der Waals surface area contributed by atoms with Gasteiger partial charge in [0.05, 0.1) is 5.92 Å². The van der Waals surface area contributed by atoms with Crippen molar-refractivity contribution < 1.29 is 9.90 Å². The van der Waals surface area contributed by atoms with Gasteiger partial charge in [0.2, 0.25) is 0 Å². The average molecular weight is 269 g/mol. The van der Waals surface area contributed by atoms with E-state index in [2.05, 4.69) is 22.5 Å². The molecule has 0 aromatic heterocycles. The predicted molar refractivity (Wildman–Crippen MR) is 64.9 cm³/mol. The molecule has 3 heteroatoms. The Hall–Kier alpha value is -1.09. The molecule has 0 bridgehead atoms. The van der Waals surface area contributed by atoms with E-state index in [4.69, 9.17) is 5.11 Å². The summed E-state index contributed by atoms with van der Waals surface area (Å²) in [7, 11) is 0. The molecule has 0 heterocycles. The Morgan fingerprint density at radius 3 is 2.53 bits per heavy atom. The molecule has 2 nitrogen and oxygen atoms in total. The van der Waals surface area contributed by atoms with Crippen LogP contribution in [0.4, 0.5) is 0 Å². The van der Waals surface area contributed by atoms with Crippen LogP contribution < -0.4 is 0 Å². The number of carboxylic acids is 1. The van der Waals surface area contributed by atoms with Crippen LogP contribution in [-0.4, -0.2) is 11.1 Å². The first-order valence-corrected chi connectivity index (χ1v) is 5.40. The van der Waals surface area contributed by atoms with Gasteiger partial charge in [0, 0.05) is 4.47 Å². The van der Waals surface area contributed by atoms with Crippen molar-refractivity contribution in [2.75, 3.05) is 0 Å². The molecule has 15 heavy (non-hydrogen) atoms. The number of halogens is 1. The molecule has 80 valence electrons. The third-order valence-electron chi connectivity index (χ3n) is 2.28. The molecule has 0 aliphatic heterocycles. The SMILES string of the molecule is C=C(C)c1cc(Br)cc(C(C)C(=O)O)c1. The number of hydrogen-bond donors (Lipinski definition) is 1. The molecule has 0 spiro atoms. The molecule has 0 amide bonds. The Balaban J connectivity index is 3.20. The van der Waals surface area contributed by atoms with Crippen molar-refractivity contribution in [3.8, 4) is 0 Å². The lowest BCUT2D eigenvalue weighted by molar-refractivity contribution is -0.138. The first-order chi connectivity index (χ1) is 6.91. The Morgan fingerprint density at radius 2 is 2.07 bits per heavy atom. The Bertz CT molecular complexity index is 410. The van der Waals surface area contributed by atoms with Gasteiger partial charge in [-0.3, -0.25) is 4.79 Å². The lowest BCUT2D eigenvalue weighted by Crippen LogP contribution is -2.07. The van der Waals surface area contributed by atoms with Gasteiger partial charge < -0.3 is 5.11 Å². The van der Waals surface area contributed by atoms with Crippen molar-refractivity contribution in [1.82, 2.24) is 0 Å². The number of allylic oxidation sites excluding steroid dienone is 1. The van der Waals surface area contributed by atoms with Crippen LogP contribution in [0.15, 0.2) is 29.3 Å². The molecular formula is C12H13BrO2. The zero-order valence-corrected chi connectivity index (χ0v) is 10.3. The Labute approximate surface area is 97.8 Å². The fourth-order valence-corrected chi connectivity index (χ4v) is 1.76. The third kappa shape index (κ3) is 2.93. The molecule has 0 aliphatic rings. The Kier molecular flexibility index (Phi) is 3.69. The fourth-order valence-electron chi connectivity index (χ4n) is 1.25. The van der Waals surface area contributed by atoms with E-state index in [1.54, 1.807) is 6.92 Å². The van der Waals surface area contributed by atoms with Gasteiger partial charge in [-0.25, -0.2) is 0 Å². The minimum Gasteiger partial charge on any atom is -0.481 e. The first kappa shape index (κ1) is 12.0. The predicted octanol–water partition coefficient (Wildman–Crippen LogP) is 3.67. The monoisotopic (exact) mass is 268 g/mol. The number of hydrogen-bond acceptors (Lipinski definition) is 1. The molecular weight excluding hydrogens is 256 g/mol. The summed E-state index contributed by atoms with van der Waals surface area (Å²) in [6.07, 6.45) is 0. The molecule has 1 unspecified atom stereocenters. The van der Waals surface area contributed by atoms with E-state index >= 15 is 0 Å². The second-order valence-electron chi connectivity index (χ2n) is 3.61. The number of carboxylic acid groups (broad SMARTS) is 1. The zero-order valence-electron chi connectivity index (χ0n) is 8.75. The van der Waals surface area contributed by atoms with Crippen LogP contribution in [0.1, 0.15) is 30.9 Å². The third-order valence-corrected chi connectivity index (χ3v) is 2.74. The topological polar surface area (TPSA) is 37.3 Å². The molecule has 0 radical (unpaired) electrons. The maximum atomic E-state index is 10.9. The second-order valence-corrected chi connectivity index (χ2v) is 4.53. The molecule has 0 fully saturated rings. The number of benzene rings is 1. The minimum absolute atomic E-state index is 0.499. The van der Waals surface area contributed by atoms with Crippen LogP contribution in [-0.2, 0) is 4.79 Å². The van der Waals surface area contributed by atoms with Crippen LogP contribution >= 0.6 is 15.9 Å². The van der Waals surface area contributed by atoms with E-state index in [1.807, 2.05) is 25.1 Å². The average Bonchev–Trinajstić information content (AvgIpc) is 2.15. The van der Waals surface area contributed by atoms with E-state index in [-0.39, 0.29) is 0 Å². The van der Waals surface area contributed by atoms with Gasteiger partial charge in [-0.05, 0) is 37.1 Å². The van der Waals surface area contributed by atoms with Crippen molar-refractivity contribution in [3.05, 3.63) is 40.4 Å². The van der Waals surface area contributed by atoms with Crippen LogP contribution in [0.25, 0.3) is 5.57 Å². The van der Waals surface area contributed by atoms with E-state index in [1.165, 1.54) is 0 Å². The number of carbonyl (C=O) groups is 1. The highest BCUT2D eigenvalue weighted by atomic mass is 79.9. The van der Waals surface area contributed by atoms with Gasteiger partial charge in [-0.2, -0.15) is 0 Å². The molecule has 0 saturated heterocycles. The molecule has 0 aliphatic carbocycles. The second kappa shape index (κ2) is 4.62. The normalized spacial score (nSPS) is 12.2. The molecule has 1 aromatic rings. The highest BCUT2D eigenvalue weighted by molar-refractivity contribution is 9.10. The standard InChI is InChI=1S/C12H13BrO2/c1-7(2)9-4-10(6-11(13)5-9)8(3)12(14)15/h4-6,8H,1H2,2-3H3,(H,14,15). The highest BCUT2D eigenvalue weighted by Crippen LogP contribution is 2.25. The van der Waals surface area contributed by atoms with E-state index in [0.29, 0.717) is 0 Å². The number of rotatable bonds is 3. The van der Waals surface area contributed by atoms with Crippen LogP contribution in [0, 0.1) is 0 Å². The summed E-state index contributed by atoms with van der Waals surface area (Å²) >= 11 is 3.36. The largest absolute Gasteiger partial charge is 0.481 e. The van der Waals surface area contributed by atoms with Crippen LogP contribution in [0.3, 0.4) is 0 Å². The summed E-state index contributed by atoms with van der Waals surface area (Å²) in [5.74, 6) is -1.32. The first-order valence-electron chi connectivity index (χ1n) is 4.61. The van der Waals surface area contributed by atoms with Crippen molar-refractivity contribution in [2.45, 2.75) is 19.8 Å². The van der Waals surface area contributed by atoms with Crippen LogP contribution in [0.2, 0.25) is 0 Å². The maximum absolute atomic E-state index is 10.9. The van der Waals surface area contributed by atoms with Gasteiger partial charge in [0.1, 0.15) is 0 Å². The van der Waals surface area contributed by atoms with E-state index in [0.717, 1.165) is 21.2 Å². The smallest absolute Gasteiger partial charge is 0.310 e. The van der Waals surface area contributed by atoms with Gasteiger partial charge in [0.25, 0.3) is 0 Å². The molecule has 1 N–H and O–H groups in total. The molecule has 0 saturated carbocycles. The van der Waals surface area contributed by atoms with Crippen molar-refractivity contribution in [1.29, 1.82) is 0 Å².